The van der Waals surface area contributed by atoms with Crippen molar-refractivity contribution in [3.05, 3.63) is 59.2 Å². The number of methoxy groups -OCH3 is 2. The highest BCUT2D eigenvalue weighted by Gasteiger charge is 2.20. The predicted molar refractivity (Wildman–Crippen MR) is 102 cm³/mol. The van der Waals surface area contributed by atoms with Gasteiger partial charge in [0.2, 0.25) is 0 Å². The van der Waals surface area contributed by atoms with Crippen LogP contribution in [0.5, 0.6) is 11.5 Å². The summed E-state index contributed by atoms with van der Waals surface area (Å²) in [6.45, 7) is 1.10. The molecule has 1 unspecified atom stereocenters. The van der Waals surface area contributed by atoms with E-state index in [9.17, 15) is 4.79 Å². The molecular formula is C21H26N2O3. The number of carbonyl (C=O) groups is 1. The van der Waals surface area contributed by atoms with Crippen molar-refractivity contribution in [1.29, 1.82) is 0 Å². The number of aryl methyl sites for hydroxylation is 1. The van der Waals surface area contributed by atoms with Gasteiger partial charge in [-0.25, -0.2) is 4.79 Å². The van der Waals surface area contributed by atoms with Gasteiger partial charge in [-0.15, -0.1) is 0 Å². The van der Waals surface area contributed by atoms with Crippen molar-refractivity contribution >= 4 is 6.03 Å². The van der Waals surface area contributed by atoms with Crippen LogP contribution in [0.1, 0.15) is 35.4 Å². The van der Waals surface area contributed by atoms with Crippen molar-refractivity contribution in [2.45, 2.75) is 31.7 Å². The summed E-state index contributed by atoms with van der Waals surface area (Å²) in [6.07, 6.45) is 3.43. The predicted octanol–water partition coefficient (Wildman–Crippen LogP) is 3.62. The summed E-state index contributed by atoms with van der Waals surface area (Å²) in [5.74, 6) is 1.73. The lowest BCUT2D eigenvalue weighted by Crippen LogP contribution is -2.38. The fourth-order valence-corrected chi connectivity index (χ4v) is 3.52. The van der Waals surface area contributed by atoms with E-state index in [4.69, 9.17) is 9.47 Å². The first-order valence-electron chi connectivity index (χ1n) is 9.01. The lowest BCUT2D eigenvalue weighted by atomic mass is 9.83. The monoisotopic (exact) mass is 354 g/mol. The van der Waals surface area contributed by atoms with Crippen LogP contribution in [0.4, 0.5) is 4.79 Å². The molecule has 26 heavy (non-hydrogen) atoms. The SMILES string of the molecule is COc1ccc(CNC(=O)NCC2CCCc3ccccc32)cc1OC. The molecule has 3 rings (SSSR count). The summed E-state index contributed by atoms with van der Waals surface area (Å²) >= 11 is 0. The first-order chi connectivity index (χ1) is 12.7. The maximum absolute atomic E-state index is 12.2. The second kappa shape index (κ2) is 8.61. The average molecular weight is 354 g/mol. The molecule has 0 spiro atoms. The Kier molecular flexibility index (Phi) is 6.00. The lowest BCUT2D eigenvalue weighted by molar-refractivity contribution is 0.239. The highest BCUT2D eigenvalue weighted by molar-refractivity contribution is 5.74. The molecule has 0 radical (unpaired) electrons. The number of hydrogen-bond acceptors (Lipinski definition) is 3. The maximum Gasteiger partial charge on any atom is 0.315 e. The smallest absolute Gasteiger partial charge is 0.315 e. The summed E-state index contributed by atoms with van der Waals surface area (Å²) in [5, 5.41) is 5.91. The third-order valence-corrected chi connectivity index (χ3v) is 4.90. The molecule has 0 heterocycles. The van der Waals surface area contributed by atoms with Crippen molar-refractivity contribution in [2.75, 3.05) is 20.8 Å². The molecule has 0 fully saturated rings. The van der Waals surface area contributed by atoms with E-state index in [1.54, 1.807) is 14.2 Å². The number of rotatable bonds is 6. The summed E-state index contributed by atoms with van der Waals surface area (Å²) in [6, 6.07) is 14.0. The van der Waals surface area contributed by atoms with Gasteiger partial charge in [0.1, 0.15) is 0 Å². The second-order valence-corrected chi connectivity index (χ2v) is 6.54. The molecular weight excluding hydrogens is 328 g/mol. The van der Waals surface area contributed by atoms with Crippen LogP contribution < -0.4 is 20.1 Å². The lowest BCUT2D eigenvalue weighted by Gasteiger charge is -2.25. The highest BCUT2D eigenvalue weighted by atomic mass is 16.5. The Labute approximate surface area is 154 Å². The Morgan fingerprint density at radius 3 is 2.69 bits per heavy atom. The van der Waals surface area contributed by atoms with Crippen molar-refractivity contribution in [3.8, 4) is 11.5 Å². The Balaban J connectivity index is 1.51. The molecule has 0 saturated heterocycles. The number of carbonyl (C=O) groups excluding carboxylic acids is 1. The zero-order valence-corrected chi connectivity index (χ0v) is 15.4. The second-order valence-electron chi connectivity index (χ2n) is 6.54. The van der Waals surface area contributed by atoms with Crippen LogP contribution in [-0.2, 0) is 13.0 Å². The summed E-state index contributed by atoms with van der Waals surface area (Å²) in [4.78, 5) is 12.2. The van der Waals surface area contributed by atoms with E-state index >= 15 is 0 Å². The number of benzene rings is 2. The Bertz CT molecular complexity index is 761. The average Bonchev–Trinajstić information content (AvgIpc) is 2.70. The maximum atomic E-state index is 12.2. The molecule has 0 aliphatic heterocycles. The van der Waals surface area contributed by atoms with Gasteiger partial charge < -0.3 is 20.1 Å². The zero-order chi connectivity index (χ0) is 18.4. The fourth-order valence-electron chi connectivity index (χ4n) is 3.52. The van der Waals surface area contributed by atoms with Gasteiger partial charge in [-0.05, 0) is 48.1 Å². The van der Waals surface area contributed by atoms with Crippen LogP contribution in [0, 0.1) is 0 Å². The molecule has 5 nitrogen and oxygen atoms in total. The standard InChI is InChI=1S/C21H26N2O3/c1-25-19-11-10-15(12-20(19)26-2)13-22-21(24)23-14-17-8-5-7-16-6-3-4-9-18(16)17/h3-4,6,9-12,17H,5,7-8,13-14H2,1-2H3,(H2,22,23,24). The minimum Gasteiger partial charge on any atom is -0.493 e. The van der Waals surface area contributed by atoms with E-state index < -0.39 is 0 Å². The number of urea groups is 1. The number of hydrogen-bond donors (Lipinski definition) is 2. The number of ether oxygens (including phenoxy) is 2. The summed E-state index contributed by atoms with van der Waals surface area (Å²) in [5.41, 5.74) is 3.75. The van der Waals surface area contributed by atoms with E-state index in [2.05, 4.69) is 34.9 Å². The highest BCUT2D eigenvalue weighted by Crippen LogP contribution is 2.31. The molecule has 2 aromatic carbocycles. The quantitative estimate of drug-likeness (QED) is 0.833. The van der Waals surface area contributed by atoms with Gasteiger partial charge in [0.05, 0.1) is 14.2 Å². The molecule has 1 aliphatic carbocycles. The number of amides is 2. The van der Waals surface area contributed by atoms with Crippen LogP contribution in [0.3, 0.4) is 0 Å². The first-order valence-corrected chi connectivity index (χ1v) is 9.01. The van der Waals surface area contributed by atoms with Crippen molar-refractivity contribution in [2.24, 2.45) is 0 Å². The third kappa shape index (κ3) is 4.28. The minimum atomic E-state index is -0.150. The third-order valence-electron chi connectivity index (χ3n) is 4.90. The van der Waals surface area contributed by atoms with Crippen molar-refractivity contribution in [1.82, 2.24) is 10.6 Å². The van der Waals surface area contributed by atoms with Crippen molar-refractivity contribution < 1.29 is 14.3 Å². The molecule has 138 valence electrons. The summed E-state index contributed by atoms with van der Waals surface area (Å²) in [7, 11) is 3.20. The topological polar surface area (TPSA) is 59.6 Å². The molecule has 0 bridgehead atoms. The minimum absolute atomic E-state index is 0.150. The molecule has 5 heteroatoms. The van der Waals surface area contributed by atoms with Crippen LogP contribution in [0.25, 0.3) is 0 Å². The largest absolute Gasteiger partial charge is 0.493 e. The van der Waals surface area contributed by atoms with Gasteiger partial charge in [-0.2, -0.15) is 0 Å². The molecule has 0 aromatic heterocycles. The van der Waals surface area contributed by atoms with Gasteiger partial charge in [0.25, 0.3) is 0 Å². The van der Waals surface area contributed by atoms with Crippen LogP contribution in [-0.4, -0.2) is 26.8 Å². The molecule has 0 saturated carbocycles. The van der Waals surface area contributed by atoms with Gasteiger partial charge in [0.15, 0.2) is 11.5 Å². The molecule has 1 atom stereocenters. The van der Waals surface area contributed by atoms with Gasteiger partial charge in [0, 0.05) is 19.0 Å². The van der Waals surface area contributed by atoms with Crippen LogP contribution >= 0.6 is 0 Å². The van der Waals surface area contributed by atoms with Gasteiger partial charge >= 0.3 is 6.03 Å². The van der Waals surface area contributed by atoms with E-state index in [1.165, 1.54) is 17.5 Å². The van der Waals surface area contributed by atoms with Crippen molar-refractivity contribution in [3.63, 3.8) is 0 Å². The van der Waals surface area contributed by atoms with Crippen LogP contribution in [0.15, 0.2) is 42.5 Å². The van der Waals surface area contributed by atoms with E-state index in [0.717, 1.165) is 18.4 Å². The number of fused-ring (bicyclic) bond motifs is 1. The number of nitrogens with one attached hydrogen (secondary N) is 2. The fraction of sp³-hybridized carbons (Fsp3) is 0.381. The van der Waals surface area contributed by atoms with E-state index in [-0.39, 0.29) is 6.03 Å². The molecule has 2 aromatic rings. The Morgan fingerprint density at radius 1 is 1.08 bits per heavy atom. The van der Waals surface area contributed by atoms with Crippen LogP contribution in [0.2, 0.25) is 0 Å². The summed E-state index contributed by atoms with van der Waals surface area (Å²) < 4.78 is 10.5. The Hall–Kier alpha value is -2.69. The normalized spacial score (nSPS) is 15.7. The first kappa shape index (κ1) is 18.1. The van der Waals surface area contributed by atoms with E-state index in [0.29, 0.717) is 30.5 Å². The molecule has 1 aliphatic rings. The zero-order valence-electron chi connectivity index (χ0n) is 15.4. The van der Waals surface area contributed by atoms with Gasteiger partial charge in [-0.1, -0.05) is 30.3 Å². The molecule has 2 amide bonds. The Morgan fingerprint density at radius 2 is 1.88 bits per heavy atom. The van der Waals surface area contributed by atoms with Gasteiger partial charge in [-0.3, -0.25) is 0 Å². The molecule has 2 N–H and O–H groups in total. The van der Waals surface area contributed by atoms with E-state index in [1.807, 2.05) is 18.2 Å².